The molecule has 0 aromatic carbocycles. The number of aliphatic imine (C=N–C) groups is 1. The van der Waals surface area contributed by atoms with E-state index in [1.165, 1.54) is 24.8 Å². The molecule has 164 valence electrons. The SMILES string of the molecule is CCNC(=NCc1ccnc(N2CCCCC2)c1)NCCCN1CCOCC1.I. The van der Waals surface area contributed by atoms with Gasteiger partial charge in [0.15, 0.2) is 5.96 Å². The molecule has 2 fully saturated rings. The number of rotatable bonds is 8. The summed E-state index contributed by atoms with van der Waals surface area (Å²) >= 11 is 0. The maximum Gasteiger partial charge on any atom is 0.191 e. The average molecular weight is 516 g/mol. The average Bonchev–Trinajstić information content (AvgIpc) is 2.76. The van der Waals surface area contributed by atoms with Crippen LogP contribution in [0.2, 0.25) is 0 Å². The van der Waals surface area contributed by atoms with Gasteiger partial charge in [0.2, 0.25) is 0 Å². The third-order valence-corrected chi connectivity index (χ3v) is 5.30. The third kappa shape index (κ3) is 8.64. The number of halogens is 1. The predicted molar refractivity (Wildman–Crippen MR) is 130 cm³/mol. The topological polar surface area (TPSA) is 65.0 Å². The lowest BCUT2D eigenvalue weighted by Gasteiger charge is -2.27. The Morgan fingerprint density at radius 2 is 1.93 bits per heavy atom. The molecule has 0 aliphatic carbocycles. The zero-order valence-corrected chi connectivity index (χ0v) is 20.1. The molecule has 3 heterocycles. The minimum Gasteiger partial charge on any atom is -0.379 e. The summed E-state index contributed by atoms with van der Waals surface area (Å²) in [6, 6.07) is 4.26. The summed E-state index contributed by atoms with van der Waals surface area (Å²) in [5.41, 5.74) is 1.21. The van der Waals surface area contributed by atoms with Gasteiger partial charge in [-0.15, -0.1) is 24.0 Å². The van der Waals surface area contributed by atoms with Crippen LogP contribution in [0.3, 0.4) is 0 Å². The van der Waals surface area contributed by atoms with Crippen LogP contribution in [0.15, 0.2) is 23.3 Å². The molecule has 0 radical (unpaired) electrons. The second-order valence-electron chi connectivity index (χ2n) is 7.50. The first-order valence-electron chi connectivity index (χ1n) is 10.9. The van der Waals surface area contributed by atoms with Crippen LogP contribution < -0.4 is 15.5 Å². The van der Waals surface area contributed by atoms with Gasteiger partial charge in [-0.1, -0.05) is 0 Å². The van der Waals surface area contributed by atoms with Crippen molar-refractivity contribution >= 4 is 35.8 Å². The molecule has 1 aromatic heterocycles. The standard InChI is InChI=1S/C21H36N6O.HI/c1-2-22-21(24-8-6-10-26-13-15-28-16-14-26)25-18-19-7-9-23-20(17-19)27-11-4-3-5-12-27;/h7,9,17H,2-6,8,10-16,18H2,1H3,(H2,22,24,25);1H. The number of anilines is 1. The zero-order chi connectivity index (χ0) is 19.4. The highest BCUT2D eigenvalue weighted by Crippen LogP contribution is 2.18. The fourth-order valence-electron chi connectivity index (χ4n) is 3.70. The van der Waals surface area contributed by atoms with E-state index >= 15 is 0 Å². The van der Waals surface area contributed by atoms with E-state index in [9.17, 15) is 0 Å². The molecule has 2 saturated heterocycles. The van der Waals surface area contributed by atoms with E-state index in [1.54, 1.807) is 0 Å². The first kappa shape index (κ1) is 24.1. The van der Waals surface area contributed by atoms with Crippen LogP contribution in [0.25, 0.3) is 0 Å². The summed E-state index contributed by atoms with van der Waals surface area (Å²) in [6.07, 6.45) is 6.89. The van der Waals surface area contributed by atoms with Crippen molar-refractivity contribution in [2.75, 3.05) is 63.9 Å². The lowest BCUT2D eigenvalue weighted by atomic mass is 10.1. The van der Waals surface area contributed by atoms with Gasteiger partial charge < -0.3 is 20.3 Å². The Morgan fingerprint density at radius 1 is 1.14 bits per heavy atom. The Hall–Kier alpha value is -1.13. The zero-order valence-electron chi connectivity index (χ0n) is 17.7. The number of nitrogens with one attached hydrogen (secondary N) is 2. The molecule has 0 spiro atoms. The molecular weight excluding hydrogens is 479 g/mol. The molecule has 29 heavy (non-hydrogen) atoms. The van der Waals surface area contributed by atoms with Crippen LogP contribution in [0.1, 0.15) is 38.2 Å². The van der Waals surface area contributed by atoms with Gasteiger partial charge in [0.05, 0.1) is 19.8 Å². The monoisotopic (exact) mass is 516 g/mol. The van der Waals surface area contributed by atoms with Gasteiger partial charge in [-0.05, 0) is 56.8 Å². The number of guanidine groups is 1. The number of morpholine rings is 1. The predicted octanol–water partition coefficient (Wildman–Crippen LogP) is 2.47. The van der Waals surface area contributed by atoms with Crippen molar-refractivity contribution in [1.29, 1.82) is 0 Å². The van der Waals surface area contributed by atoms with Crippen molar-refractivity contribution in [3.8, 4) is 0 Å². The van der Waals surface area contributed by atoms with Gasteiger partial charge >= 0.3 is 0 Å². The fraction of sp³-hybridized carbons (Fsp3) is 0.714. The molecule has 8 heteroatoms. The highest BCUT2D eigenvalue weighted by Gasteiger charge is 2.12. The van der Waals surface area contributed by atoms with Crippen LogP contribution in [0.4, 0.5) is 5.82 Å². The molecule has 2 aliphatic rings. The summed E-state index contributed by atoms with van der Waals surface area (Å²) in [5.74, 6) is 1.98. The van der Waals surface area contributed by atoms with Gasteiger partial charge in [-0.3, -0.25) is 4.90 Å². The van der Waals surface area contributed by atoms with Crippen molar-refractivity contribution < 1.29 is 4.74 Å². The van der Waals surface area contributed by atoms with Gasteiger partial charge in [0.25, 0.3) is 0 Å². The van der Waals surface area contributed by atoms with Gasteiger partial charge in [-0.25, -0.2) is 9.98 Å². The van der Waals surface area contributed by atoms with Crippen molar-refractivity contribution in [2.24, 2.45) is 4.99 Å². The number of nitrogens with zero attached hydrogens (tertiary/aromatic N) is 4. The van der Waals surface area contributed by atoms with E-state index in [0.717, 1.165) is 77.2 Å². The number of aromatic nitrogens is 1. The molecule has 3 rings (SSSR count). The lowest BCUT2D eigenvalue weighted by molar-refractivity contribution is 0.0376. The van der Waals surface area contributed by atoms with E-state index in [4.69, 9.17) is 9.73 Å². The molecule has 0 bridgehead atoms. The van der Waals surface area contributed by atoms with Crippen molar-refractivity contribution in [1.82, 2.24) is 20.5 Å². The second kappa shape index (κ2) is 14.0. The number of ether oxygens (including phenoxy) is 1. The molecule has 7 nitrogen and oxygen atoms in total. The Bertz CT molecular complexity index is 603. The Kier molecular flexibility index (Phi) is 11.6. The normalized spacial score (nSPS) is 18.2. The summed E-state index contributed by atoms with van der Waals surface area (Å²) in [7, 11) is 0. The molecule has 0 atom stereocenters. The van der Waals surface area contributed by atoms with Gasteiger partial charge in [0, 0.05) is 45.5 Å². The van der Waals surface area contributed by atoms with E-state index in [2.05, 4.69) is 44.5 Å². The number of hydrogen-bond acceptors (Lipinski definition) is 5. The minimum absolute atomic E-state index is 0. The lowest BCUT2D eigenvalue weighted by Crippen LogP contribution is -2.40. The summed E-state index contributed by atoms with van der Waals surface area (Å²) < 4.78 is 5.40. The van der Waals surface area contributed by atoms with E-state index in [1.807, 2.05) is 6.20 Å². The van der Waals surface area contributed by atoms with Crippen molar-refractivity contribution in [3.05, 3.63) is 23.9 Å². The maximum atomic E-state index is 5.40. The molecular formula is C21H37IN6O. The molecule has 0 amide bonds. The molecule has 1 aromatic rings. The van der Waals surface area contributed by atoms with Crippen molar-refractivity contribution in [2.45, 2.75) is 39.2 Å². The summed E-state index contributed by atoms with van der Waals surface area (Å²) in [4.78, 5) is 14.2. The Balaban J connectivity index is 0.00000300. The maximum absolute atomic E-state index is 5.40. The molecule has 0 unspecified atom stereocenters. The second-order valence-corrected chi connectivity index (χ2v) is 7.50. The van der Waals surface area contributed by atoms with E-state index < -0.39 is 0 Å². The van der Waals surface area contributed by atoms with Crippen LogP contribution >= 0.6 is 24.0 Å². The smallest absolute Gasteiger partial charge is 0.191 e. The first-order chi connectivity index (χ1) is 13.8. The molecule has 2 aliphatic heterocycles. The highest BCUT2D eigenvalue weighted by molar-refractivity contribution is 14.0. The molecule has 0 saturated carbocycles. The fourth-order valence-corrected chi connectivity index (χ4v) is 3.70. The largest absolute Gasteiger partial charge is 0.379 e. The third-order valence-electron chi connectivity index (χ3n) is 5.30. The number of hydrogen-bond donors (Lipinski definition) is 2. The van der Waals surface area contributed by atoms with Gasteiger partial charge in [-0.2, -0.15) is 0 Å². The van der Waals surface area contributed by atoms with E-state index in [-0.39, 0.29) is 24.0 Å². The Morgan fingerprint density at radius 3 is 2.69 bits per heavy atom. The van der Waals surface area contributed by atoms with Crippen LogP contribution in [-0.2, 0) is 11.3 Å². The quantitative estimate of drug-likeness (QED) is 0.240. The first-order valence-corrected chi connectivity index (χ1v) is 10.9. The number of piperidine rings is 1. The number of pyridine rings is 1. The van der Waals surface area contributed by atoms with E-state index in [0.29, 0.717) is 6.54 Å². The minimum atomic E-state index is 0. The Labute approximate surface area is 192 Å². The van der Waals surface area contributed by atoms with Crippen LogP contribution in [-0.4, -0.2) is 74.9 Å². The summed E-state index contributed by atoms with van der Waals surface area (Å²) in [6.45, 7) is 11.7. The highest BCUT2D eigenvalue weighted by atomic mass is 127. The van der Waals surface area contributed by atoms with Crippen LogP contribution in [0, 0.1) is 0 Å². The van der Waals surface area contributed by atoms with Gasteiger partial charge in [0.1, 0.15) is 5.82 Å². The molecule has 2 N–H and O–H groups in total. The van der Waals surface area contributed by atoms with Crippen molar-refractivity contribution in [3.63, 3.8) is 0 Å². The summed E-state index contributed by atoms with van der Waals surface area (Å²) in [5, 5.41) is 6.81. The van der Waals surface area contributed by atoms with Crippen LogP contribution in [0.5, 0.6) is 0 Å².